The molecule has 3 nitrogen and oxygen atoms in total. The SMILES string of the molecule is O=C(Cc1ccc(CN2CCCC2)cc1)NCc1ccc(Br)cc1. The minimum atomic E-state index is 0.0604. The highest BCUT2D eigenvalue weighted by molar-refractivity contribution is 9.10. The van der Waals surface area contributed by atoms with Crippen molar-refractivity contribution in [2.75, 3.05) is 13.1 Å². The summed E-state index contributed by atoms with van der Waals surface area (Å²) in [7, 11) is 0. The summed E-state index contributed by atoms with van der Waals surface area (Å²) in [6.07, 6.45) is 3.06. The number of nitrogens with zero attached hydrogens (tertiary/aromatic N) is 1. The third-order valence-electron chi connectivity index (χ3n) is 4.40. The van der Waals surface area contributed by atoms with E-state index in [-0.39, 0.29) is 5.91 Å². The molecule has 2 aromatic rings. The van der Waals surface area contributed by atoms with Gasteiger partial charge in [0.05, 0.1) is 6.42 Å². The number of hydrogen-bond donors (Lipinski definition) is 1. The van der Waals surface area contributed by atoms with E-state index in [1.807, 2.05) is 24.3 Å². The van der Waals surface area contributed by atoms with Gasteiger partial charge < -0.3 is 5.32 Å². The molecule has 0 spiro atoms. The molecule has 3 rings (SSSR count). The van der Waals surface area contributed by atoms with Gasteiger partial charge >= 0.3 is 0 Å². The van der Waals surface area contributed by atoms with Crippen molar-refractivity contribution in [3.05, 3.63) is 69.7 Å². The fraction of sp³-hybridized carbons (Fsp3) is 0.350. The average molecular weight is 387 g/mol. The lowest BCUT2D eigenvalue weighted by molar-refractivity contribution is -0.120. The number of amides is 1. The Morgan fingerprint density at radius 3 is 2.17 bits per heavy atom. The van der Waals surface area contributed by atoms with E-state index in [4.69, 9.17) is 0 Å². The summed E-state index contributed by atoms with van der Waals surface area (Å²) in [5.74, 6) is 0.0604. The molecule has 1 fully saturated rings. The molecule has 1 aliphatic rings. The van der Waals surface area contributed by atoms with Gasteiger partial charge in [-0.15, -0.1) is 0 Å². The standard InChI is InChI=1S/C20H23BrN2O/c21-19-9-7-17(8-10-19)14-22-20(24)13-16-3-5-18(6-4-16)15-23-11-1-2-12-23/h3-10H,1-2,11-15H2,(H,22,24). The molecule has 0 unspecified atom stereocenters. The smallest absolute Gasteiger partial charge is 0.224 e. The summed E-state index contributed by atoms with van der Waals surface area (Å²) in [6.45, 7) is 4.01. The molecule has 24 heavy (non-hydrogen) atoms. The van der Waals surface area contributed by atoms with Crippen LogP contribution in [0.4, 0.5) is 0 Å². The largest absolute Gasteiger partial charge is 0.352 e. The predicted molar refractivity (Wildman–Crippen MR) is 101 cm³/mol. The highest BCUT2D eigenvalue weighted by Gasteiger charge is 2.11. The Morgan fingerprint density at radius 1 is 0.917 bits per heavy atom. The number of halogens is 1. The van der Waals surface area contributed by atoms with Gasteiger partial charge in [0.15, 0.2) is 0 Å². The zero-order chi connectivity index (χ0) is 16.8. The molecule has 0 atom stereocenters. The van der Waals surface area contributed by atoms with Crippen molar-refractivity contribution in [1.82, 2.24) is 10.2 Å². The summed E-state index contributed by atoms with van der Waals surface area (Å²) in [5.41, 5.74) is 3.50. The van der Waals surface area contributed by atoms with Crippen LogP contribution in [0.25, 0.3) is 0 Å². The number of carbonyl (C=O) groups is 1. The minimum Gasteiger partial charge on any atom is -0.352 e. The van der Waals surface area contributed by atoms with Gasteiger partial charge in [-0.05, 0) is 54.8 Å². The molecule has 0 bridgehead atoms. The monoisotopic (exact) mass is 386 g/mol. The van der Waals surface area contributed by atoms with E-state index in [1.54, 1.807) is 0 Å². The molecule has 126 valence electrons. The quantitative estimate of drug-likeness (QED) is 0.816. The van der Waals surface area contributed by atoms with Gasteiger partial charge in [-0.3, -0.25) is 9.69 Å². The molecule has 1 N–H and O–H groups in total. The van der Waals surface area contributed by atoms with Gasteiger partial charge in [0.2, 0.25) is 5.91 Å². The number of nitrogens with one attached hydrogen (secondary N) is 1. The number of carbonyl (C=O) groups excluding carboxylic acids is 1. The van der Waals surface area contributed by atoms with Crippen LogP contribution in [0.15, 0.2) is 53.0 Å². The van der Waals surface area contributed by atoms with Crippen LogP contribution in [-0.4, -0.2) is 23.9 Å². The minimum absolute atomic E-state index is 0.0604. The fourth-order valence-electron chi connectivity index (χ4n) is 3.01. The van der Waals surface area contributed by atoms with Crippen LogP contribution in [-0.2, 0) is 24.3 Å². The van der Waals surface area contributed by atoms with Crippen LogP contribution < -0.4 is 5.32 Å². The lowest BCUT2D eigenvalue weighted by Crippen LogP contribution is -2.24. The zero-order valence-electron chi connectivity index (χ0n) is 13.8. The summed E-state index contributed by atoms with van der Waals surface area (Å²) >= 11 is 3.41. The molecular formula is C20H23BrN2O. The fourth-order valence-corrected chi connectivity index (χ4v) is 3.28. The second-order valence-corrected chi connectivity index (χ2v) is 7.30. The molecule has 0 aromatic heterocycles. The lowest BCUT2D eigenvalue weighted by atomic mass is 10.1. The topological polar surface area (TPSA) is 32.3 Å². The van der Waals surface area contributed by atoms with Gasteiger partial charge in [-0.2, -0.15) is 0 Å². The maximum absolute atomic E-state index is 12.1. The molecule has 1 aliphatic heterocycles. The van der Waals surface area contributed by atoms with Crippen LogP contribution in [0.3, 0.4) is 0 Å². The summed E-state index contributed by atoms with van der Waals surface area (Å²) in [4.78, 5) is 14.6. The molecule has 4 heteroatoms. The third-order valence-corrected chi connectivity index (χ3v) is 4.92. The van der Waals surface area contributed by atoms with Crippen molar-refractivity contribution in [2.45, 2.75) is 32.4 Å². The molecule has 1 saturated heterocycles. The number of benzene rings is 2. The van der Waals surface area contributed by atoms with Gasteiger partial charge in [-0.25, -0.2) is 0 Å². The second-order valence-electron chi connectivity index (χ2n) is 6.38. The Kier molecular flexibility index (Phi) is 6.05. The Bertz CT molecular complexity index is 661. The Labute approximate surface area is 152 Å². The number of rotatable bonds is 6. The van der Waals surface area contributed by atoms with Crippen LogP contribution in [0.5, 0.6) is 0 Å². The highest BCUT2D eigenvalue weighted by Crippen LogP contribution is 2.14. The maximum atomic E-state index is 12.1. The Hall–Kier alpha value is -1.65. The van der Waals surface area contributed by atoms with Gasteiger partial charge in [0, 0.05) is 17.6 Å². The third kappa shape index (κ3) is 5.18. The van der Waals surface area contributed by atoms with E-state index < -0.39 is 0 Å². The van der Waals surface area contributed by atoms with Gasteiger partial charge in [0.25, 0.3) is 0 Å². The molecule has 0 radical (unpaired) electrons. The van der Waals surface area contributed by atoms with E-state index in [9.17, 15) is 4.79 Å². The van der Waals surface area contributed by atoms with Crippen molar-refractivity contribution >= 4 is 21.8 Å². The zero-order valence-corrected chi connectivity index (χ0v) is 15.4. The van der Waals surface area contributed by atoms with Crippen LogP contribution >= 0.6 is 15.9 Å². The van der Waals surface area contributed by atoms with E-state index in [0.717, 1.165) is 22.1 Å². The first-order chi connectivity index (χ1) is 11.7. The normalized spacial score (nSPS) is 14.7. The second kappa shape index (κ2) is 8.45. The van der Waals surface area contributed by atoms with Gasteiger partial charge in [0.1, 0.15) is 0 Å². The highest BCUT2D eigenvalue weighted by atomic mass is 79.9. The van der Waals surface area contributed by atoms with Crippen molar-refractivity contribution in [2.24, 2.45) is 0 Å². The first kappa shape index (κ1) is 17.2. The first-order valence-electron chi connectivity index (χ1n) is 8.50. The molecular weight excluding hydrogens is 364 g/mol. The summed E-state index contributed by atoms with van der Waals surface area (Å²) in [6, 6.07) is 16.4. The number of likely N-dealkylation sites (tertiary alicyclic amines) is 1. The maximum Gasteiger partial charge on any atom is 0.224 e. The molecule has 2 aromatic carbocycles. The van der Waals surface area contributed by atoms with Crippen LogP contribution in [0.1, 0.15) is 29.5 Å². The van der Waals surface area contributed by atoms with Crippen molar-refractivity contribution < 1.29 is 4.79 Å². The summed E-state index contributed by atoms with van der Waals surface area (Å²) < 4.78 is 1.05. The van der Waals surface area contributed by atoms with Crippen LogP contribution in [0.2, 0.25) is 0 Å². The van der Waals surface area contributed by atoms with E-state index in [0.29, 0.717) is 13.0 Å². The molecule has 0 saturated carbocycles. The Morgan fingerprint density at radius 2 is 1.50 bits per heavy atom. The average Bonchev–Trinajstić information content (AvgIpc) is 3.09. The van der Waals surface area contributed by atoms with Crippen molar-refractivity contribution in [3.8, 4) is 0 Å². The van der Waals surface area contributed by atoms with Crippen LogP contribution in [0, 0.1) is 0 Å². The predicted octanol–water partition coefficient (Wildman–Crippen LogP) is 3.90. The molecule has 1 heterocycles. The first-order valence-corrected chi connectivity index (χ1v) is 9.30. The summed E-state index contributed by atoms with van der Waals surface area (Å²) in [5, 5.41) is 2.98. The van der Waals surface area contributed by atoms with Crippen molar-refractivity contribution in [1.29, 1.82) is 0 Å². The van der Waals surface area contributed by atoms with E-state index >= 15 is 0 Å². The van der Waals surface area contributed by atoms with Crippen molar-refractivity contribution in [3.63, 3.8) is 0 Å². The van der Waals surface area contributed by atoms with E-state index in [2.05, 4.69) is 50.4 Å². The van der Waals surface area contributed by atoms with Gasteiger partial charge in [-0.1, -0.05) is 52.3 Å². The molecule has 0 aliphatic carbocycles. The molecule has 1 amide bonds. The lowest BCUT2D eigenvalue weighted by Gasteiger charge is -2.14. The van der Waals surface area contributed by atoms with E-state index in [1.165, 1.54) is 31.5 Å². The number of hydrogen-bond acceptors (Lipinski definition) is 2. The Balaban J connectivity index is 1.46.